The lowest BCUT2D eigenvalue weighted by molar-refractivity contribution is -0.123. The minimum absolute atomic E-state index is 0.225. The lowest BCUT2D eigenvalue weighted by Gasteiger charge is -2.41. The van der Waals surface area contributed by atoms with Crippen LogP contribution >= 0.6 is 0 Å². The molecule has 1 fully saturated rings. The largest absolute Gasteiger partial charge is 0.368 e. The Morgan fingerprint density at radius 2 is 1.89 bits per heavy atom. The third-order valence-electron chi connectivity index (χ3n) is 3.41. The Balaban J connectivity index is 2.23. The number of piperazine rings is 1. The second kappa shape index (κ2) is 5.63. The third kappa shape index (κ3) is 2.90. The SMILES string of the molecule is CC1NC(C(F)F)C(C(N)=O)NC1c1ccccc1. The van der Waals surface area contributed by atoms with Gasteiger partial charge in [0.05, 0.1) is 6.04 Å². The summed E-state index contributed by atoms with van der Waals surface area (Å²) < 4.78 is 25.8. The molecule has 1 aliphatic rings. The molecule has 0 aromatic heterocycles. The van der Waals surface area contributed by atoms with Crippen molar-refractivity contribution in [3.63, 3.8) is 0 Å². The Kier molecular flexibility index (Phi) is 4.11. The van der Waals surface area contributed by atoms with Crippen molar-refractivity contribution in [1.29, 1.82) is 0 Å². The van der Waals surface area contributed by atoms with Gasteiger partial charge in [0.1, 0.15) is 6.04 Å². The molecule has 0 radical (unpaired) electrons. The monoisotopic (exact) mass is 269 g/mol. The maximum atomic E-state index is 12.9. The van der Waals surface area contributed by atoms with Crippen LogP contribution in [0.2, 0.25) is 0 Å². The number of benzene rings is 1. The lowest BCUT2D eigenvalue weighted by Crippen LogP contribution is -2.67. The van der Waals surface area contributed by atoms with Crippen LogP contribution < -0.4 is 16.4 Å². The number of hydrogen-bond donors (Lipinski definition) is 3. The molecule has 2 rings (SSSR count). The summed E-state index contributed by atoms with van der Waals surface area (Å²) in [5.41, 5.74) is 6.14. The zero-order valence-electron chi connectivity index (χ0n) is 10.5. The van der Waals surface area contributed by atoms with Crippen molar-refractivity contribution in [1.82, 2.24) is 10.6 Å². The van der Waals surface area contributed by atoms with Crippen molar-refractivity contribution in [2.24, 2.45) is 5.73 Å². The molecule has 0 spiro atoms. The van der Waals surface area contributed by atoms with Crippen molar-refractivity contribution in [3.8, 4) is 0 Å². The molecule has 1 saturated heterocycles. The molecule has 6 heteroatoms. The fraction of sp³-hybridized carbons (Fsp3) is 0.462. The Labute approximate surface area is 110 Å². The molecule has 1 heterocycles. The summed E-state index contributed by atoms with van der Waals surface area (Å²) in [7, 11) is 0. The number of alkyl halides is 2. The van der Waals surface area contributed by atoms with Gasteiger partial charge >= 0.3 is 0 Å². The van der Waals surface area contributed by atoms with E-state index in [2.05, 4.69) is 10.6 Å². The third-order valence-corrected chi connectivity index (χ3v) is 3.41. The van der Waals surface area contributed by atoms with Crippen LogP contribution in [0.15, 0.2) is 30.3 Å². The predicted octanol–water partition coefficient (Wildman–Crippen LogP) is 0.797. The first kappa shape index (κ1) is 13.9. The van der Waals surface area contributed by atoms with Gasteiger partial charge in [0, 0.05) is 12.1 Å². The highest BCUT2D eigenvalue weighted by Crippen LogP contribution is 2.24. The number of amides is 1. The molecular weight excluding hydrogens is 252 g/mol. The number of rotatable bonds is 3. The van der Waals surface area contributed by atoms with E-state index in [0.717, 1.165) is 5.56 Å². The first-order chi connectivity index (χ1) is 9.00. The van der Waals surface area contributed by atoms with Gasteiger partial charge in [-0.2, -0.15) is 0 Å². The molecule has 4 unspecified atom stereocenters. The van der Waals surface area contributed by atoms with Crippen molar-refractivity contribution in [2.75, 3.05) is 0 Å². The van der Waals surface area contributed by atoms with Crippen LogP contribution in [0.4, 0.5) is 8.78 Å². The number of hydrogen-bond acceptors (Lipinski definition) is 3. The van der Waals surface area contributed by atoms with E-state index in [4.69, 9.17) is 5.73 Å². The molecule has 1 aromatic rings. The highest BCUT2D eigenvalue weighted by atomic mass is 19.3. The number of carbonyl (C=O) groups is 1. The standard InChI is InChI=1S/C13H17F2N3O/c1-7-9(8-5-3-2-4-6-8)18-11(13(16)19)10(17-7)12(14)15/h2-7,9-12,17-18H,1H3,(H2,16,19). The number of halogens is 2. The van der Waals surface area contributed by atoms with Gasteiger partial charge < -0.3 is 11.1 Å². The van der Waals surface area contributed by atoms with E-state index in [0.29, 0.717) is 0 Å². The molecule has 0 bridgehead atoms. The van der Waals surface area contributed by atoms with E-state index < -0.39 is 24.4 Å². The highest BCUT2D eigenvalue weighted by molar-refractivity contribution is 5.81. The zero-order chi connectivity index (χ0) is 14.0. The molecule has 19 heavy (non-hydrogen) atoms. The Hall–Kier alpha value is -1.53. The predicted molar refractivity (Wildman–Crippen MR) is 67.7 cm³/mol. The first-order valence-corrected chi connectivity index (χ1v) is 6.15. The summed E-state index contributed by atoms with van der Waals surface area (Å²) >= 11 is 0. The molecular formula is C13H17F2N3O. The maximum absolute atomic E-state index is 12.9. The van der Waals surface area contributed by atoms with Gasteiger partial charge in [0.25, 0.3) is 6.43 Å². The van der Waals surface area contributed by atoms with Crippen LogP contribution in [-0.2, 0) is 4.79 Å². The topological polar surface area (TPSA) is 67.1 Å². The molecule has 0 saturated carbocycles. The van der Waals surface area contributed by atoms with Gasteiger partial charge in [0.2, 0.25) is 5.91 Å². The molecule has 0 aliphatic carbocycles. The van der Waals surface area contributed by atoms with E-state index >= 15 is 0 Å². The summed E-state index contributed by atoms with van der Waals surface area (Å²) in [5, 5.41) is 5.72. The smallest absolute Gasteiger partial charge is 0.255 e. The molecule has 104 valence electrons. The Bertz CT molecular complexity index is 441. The minimum atomic E-state index is -2.65. The van der Waals surface area contributed by atoms with Gasteiger partial charge in [-0.25, -0.2) is 8.78 Å². The first-order valence-electron chi connectivity index (χ1n) is 6.15. The molecule has 1 amide bonds. The van der Waals surface area contributed by atoms with Crippen LogP contribution in [0, 0.1) is 0 Å². The van der Waals surface area contributed by atoms with Gasteiger partial charge in [-0.3, -0.25) is 10.1 Å². The lowest BCUT2D eigenvalue weighted by atomic mass is 9.92. The number of nitrogens with one attached hydrogen (secondary N) is 2. The summed E-state index contributed by atoms with van der Waals surface area (Å²) in [6.45, 7) is 1.80. The summed E-state index contributed by atoms with van der Waals surface area (Å²) in [5.74, 6) is -0.773. The summed E-state index contributed by atoms with van der Waals surface area (Å²) in [6.07, 6.45) is -2.65. The van der Waals surface area contributed by atoms with E-state index in [1.807, 2.05) is 30.3 Å². The second-order valence-corrected chi connectivity index (χ2v) is 4.75. The van der Waals surface area contributed by atoms with Crippen LogP contribution in [0.5, 0.6) is 0 Å². The van der Waals surface area contributed by atoms with Gasteiger partial charge in [-0.1, -0.05) is 30.3 Å². The highest BCUT2D eigenvalue weighted by Gasteiger charge is 2.41. The van der Waals surface area contributed by atoms with Crippen LogP contribution in [0.1, 0.15) is 18.5 Å². The average molecular weight is 269 g/mol. The maximum Gasteiger partial charge on any atom is 0.255 e. The molecule has 4 nitrogen and oxygen atoms in total. The van der Waals surface area contributed by atoms with Crippen LogP contribution in [0.3, 0.4) is 0 Å². The van der Waals surface area contributed by atoms with Gasteiger partial charge in [-0.05, 0) is 12.5 Å². The van der Waals surface area contributed by atoms with E-state index in [9.17, 15) is 13.6 Å². The van der Waals surface area contributed by atoms with E-state index in [1.54, 1.807) is 6.92 Å². The van der Waals surface area contributed by atoms with Crippen LogP contribution in [-0.4, -0.2) is 30.5 Å². The van der Waals surface area contributed by atoms with Gasteiger partial charge in [-0.15, -0.1) is 0 Å². The van der Waals surface area contributed by atoms with E-state index in [-0.39, 0.29) is 12.1 Å². The minimum Gasteiger partial charge on any atom is -0.368 e. The van der Waals surface area contributed by atoms with Crippen molar-refractivity contribution in [2.45, 2.75) is 37.5 Å². The Morgan fingerprint density at radius 3 is 2.42 bits per heavy atom. The average Bonchev–Trinajstić information content (AvgIpc) is 2.39. The zero-order valence-corrected chi connectivity index (χ0v) is 10.5. The van der Waals surface area contributed by atoms with Crippen LogP contribution in [0.25, 0.3) is 0 Å². The Morgan fingerprint density at radius 1 is 1.26 bits per heavy atom. The van der Waals surface area contributed by atoms with Crippen molar-refractivity contribution < 1.29 is 13.6 Å². The van der Waals surface area contributed by atoms with E-state index in [1.165, 1.54) is 0 Å². The molecule has 1 aliphatic heterocycles. The fourth-order valence-electron chi connectivity index (χ4n) is 2.46. The fourth-order valence-corrected chi connectivity index (χ4v) is 2.46. The number of carbonyl (C=O) groups excluding carboxylic acids is 1. The van der Waals surface area contributed by atoms with Crippen molar-refractivity contribution in [3.05, 3.63) is 35.9 Å². The summed E-state index contributed by atoms with van der Waals surface area (Å²) in [6, 6.07) is 6.58. The summed E-state index contributed by atoms with van der Waals surface area (Å²) in [4.78, 5) is 11.3. The number of primary amides is 1. The molecule has 4 atom stereocenters. The number of nitrogens with two attached hydrogens (primary N) is 1. The van der Waals surface area contributed by atoms with Gasteiger partial charge in [0.15, 0.2) is 0 Å². The normalized spacial score (nSPS) is 31.4. The quantitative estimate of drug-likeness (QED) is 0.760. The second-order valence-electron chi connectivity index (χ2n) is 4.75. The molecule has 4 N–H and O–H groups in total. The van der Waals surface area contributed by atoms with Crippen molar-refractivity contribution >= 4 is 5.91 Å². The molecule has 1 aromatic carbocycles.